The molecular formula is C15H25NO3S. The Hall–Kier alpha value is -0.910. The van der Waals surface area contributed by atoms with Crippen LogP contribution in [0.3, 0.4) is 0 Å². The molecule has 0 atom stereocenters. The Morgan fingerprint density at radius 3 is 2.05 bits per heavy atom. The van der Waals surface area contributed by atoms with Gasteiger partial charge in [-0.2, -0.15) is 4.31 Å². The van der Waals surface area contributed by atoms with Crippen molar-refractivity contribution >= 4 is 10.0 Å². The van der Waals surface area contributed by atoms with Gasteiger partial charge in [-0.1, -0.05) is 32.9 Å². The van der Waals surface area contributed by atoms with Gasteiger partial charge in [0.25, 0.3) is 0 Å². The van der Waals surface area contributed by atoms with Gasteiger partial charge >= 0.3 is 0 Å². The highest BCUT2D eigenvalue weighted by Crippen LogP contribution is 2.21. The molecule has 0 saturated carbocycles. The number of rotatable bonds is 8. The number of sulfonamides is 1. The minimum Gasteiger partial charge on any atom is -0.395 e. The van der Waals surface area contributed by atoms with Crippen molar-refractivity contribution in [1.82, 2.24) is 4.31 Å². The quantitative estimate of drug-likeness (QED) is 0.802. The summed E-state index contributed by atoms with van der Waals surface area (Å²) in [5.41, 5.74) is 1.11. The van der Waals surface area contributed by atoms with E-state index in [4.69, 9.17) is 5.11 Å². The molecule has 0 radical (unpaired) electrons. The van der Waals surface area contributed by atoms with E-state index in [1.807, 2.05) is 32.9 Å². The molecule has 1 N–H and O–H groups in total. The molecule has 0 aliphatic rings. The summed E-state index contributed by atoms with van der Waals surface area (Å²) in [6, 6.07) is 6.92. The largest absolute Gasteiger partial charge is 0.395 e. The first-order valence-electron chi connectivity index (χ1n) is 7.22. The highest BCUT2D eigenvalue weighted by Gasteiger charge is 2.29. The number of aryl methyl sites for hydroxylation is 1. The molecule has 0 fully saturated rings. The van der Waals surface area contributed by atoms with Crippen LogP contribution >= 0.6 is 0 Å². The maximum Gasteiger partial charge on any atom is 0.243 e. The van der Waals surface area contributed by atoms with Crippen molar-refractivity contribution in [2.75, 3.05) is 13.2 Å². The first kappa shape index (κ1) is 17.1. The third kappa shape index (κ3) is 3.81. The Kier molecular flexibility index (Phi) is 6.65. The second kappa shape index (κ2) is 7.76. The van der Waals surface area contributed by atoms with Gasteiger partial charge in [0.15, 0.2) is 0 Å². The normalized spacial score (nSPS) is 12.3. The summed E-state index contributed by atoms with van der Waals surface area (Å²) >= 11 is 0. The van der Waals surface area contributed by atoms with Crippen molar-refractivity contribution in [2.45, 2.75) is 51.0 Å². The zero-order chi connectivity index (χ0) is 15.2. The monoisotopic (exact) mass is 299 g/mol. The summed E-state index contributed by atoms with van der Waals surface area (Å²) in [6.07, 6.45) is 2.36. The standard InChI is InChI=1S/C15H25NO3S/c1-4-13-7-9-15(10-8-13)20(18,19)16(11-12-17)14(5-2)6-3/h7-10,14,17H,4-6,11-12H2,1-3H3. The number of aliphatic hydroxyl groups is 1. The van der Waals surface area contributed by atoms with E-state index in [1.54, 1.807) is 12.1 Å². The van der Waals surface area contributed by atoms with Crippen molar-refractivity contribution in [3.8, 4) is 0 Å². The van der Waals surface area contributed by atoms with Crippen LogP contribution in [0.2, 0.25) is 0 Å². The summed E-state index contributed by atoms with van der Waals surface area (Å²) in [7, 11) is -3.54. The molecule has 1 aromatic rings. The van der Waals surface area contributed by atoms with Crippen molar-refractivity contribution in [1.29, 1.82) is 0 Å². The molecular weight excluding hydrogens is 274 g/mol. The molecule has 0 heterocycles. The summed E-state index contributed by atoms with van der Waals surface area (Å²) in [5.74, 6) is 0. The van der Waals surface area contributed by atoms with Crippen LogP contribution in [0.5, 0.6) is 0 Å². The van der Waals surface area contributed by atoms with Gasteiger partial charge in [0.05, 0.1) is 11.5 Å². The van der Waals surface area contributed by atoms with E-state index in [2.05, 4.69) is 0 Å². The molecule has 1 aromatic carbocycles. The zero-order valence-corrected chi connectivity index (χ0v) is 13.4. The maximum atomic E-state index is 12.7. The highest BCUT2D eigenvalue weighted by molar-refractivity contribution is 7.89. The second-order valence-corrected chi connectivity index (χ2v) is 6.70. The topological polar surface area (TPSA) is 57.6 Å². The molecule has 5 heteroatoms. The van der Waals surface area contributed by atoms with Crippen LogP contribution in [-0.4, -0.2) is 37.0 Å². The lowest BCUT2D eigenvalue weighted by molar-refractivity contribution is 0.219. The fourth-order valence-electron chi connectivity index (χ4n) is 2.33. The minimum atomic E-state index is -3.54. The first-order valence-corrected chi connectivity index (χ1v) is 8.66. The number of hydrogen-bond donors (Lipinski definition) is 1. The Labute approximate surface area is 122 Å². The average Bonchev–Trinajstić information content (AvgIpc) is 2.47. The zero-order valence-electron chi connectivity index (χ0n) is 12.5. The van der Waals surface area contributed by atoms with Crippen LogP contribution in [0.25, 0.3) is 0 Å². The van der Waals surface area contributed by atoms with E-state index in [0.29, 0.717) is 4.90 Å². The van der Waals surface area contributed by atoms with Crippen LogP contribution in [0, 0.1) is 0 Å². The lowest BCUT2D eigenvalue weighted by Gasteiger charge is -2.29. The molecule has 0 aromatic heterocycles. The molecule has 0 saturated heterocycles. The van der Waals surface area contributed by atoms with E-state index in [-0.39, 0.29) is 19.2 Å². The molecule has 4 nitrogen and oxygen atoms in total. The van der Waals surface area contributed by atoms with Crippen LogP contribution < -0.4 is 0 Å². The molecule has 1 rings (SSSR count). The van der Waals surface area contributed by atoms with Crippen molar-refractivity contribution in [2.24, 2.45) is 0 Å². The Morgan fingerprint density at radius 1 is 1.10 bits per heavy atom. The van der Waals surface area contributed by atoms with Gasteiger partial charge in [0, 0.05) is 12.6 Å². The number of aliphatic hydroxyl groups excluding tert-OH is 1. The van der Waals surface area contributed by atoms with Crippen molar-refractivity contribution in [3.05, 3.63) is 29.8 Å². The van der Waals surface area contributed by atoms with Gasteiger partial charge < -0.3 is 5.11 Å². The summed E-state index contributed by atoms with van der Waals surface area (Å²) in [5, 5.41) is 9.16. The fourth-order valence-corrected chi connectivity index (χ4v) is 4.09. The smallest absolute Gasteiger partial charge is 0.243 e. The minimum absolute atomic E-state index is 0.0713. The van der Waals surface area contributed by atoms with Gasteiger partial charge in [-0.15, -0.1) is 0 Å². The van der Waals surface area contributed by atoms with Crippen LogP contribution in [-0.2, 0) is 16.4 Å². The van der Waals surface area contributed by atoms with Crippen molar-refractivity contribution < 1.29 is 13.5 Å². The van der Waals surface area contributed by atoms with Crippen LogP contribution in [0.4, 0.5) is 0 Å². The number of benzene rings is 1. The van der Waals surface area contributed by atoms with Crippen LogP contribution in [0.1, 0.15) is 39.2 Å². The average molecular weight is 299 g/mol. The Balaban J connectivity index is 3.14. The molecule has 114 valence electrons. The molecule has 0 spiro atoms. The van der Waals surface area contributed by atoms with E-state index >= 15 is 0 Å². The van der Waals surface area contributed by atoms with Gasteiger partial charge in [0.1, 0.15) is 0 Å². The lowest BCUT2D eigenvalue weighted by Crippen LogP contribution is -2.41. The Morgan fingerprint density at radius 2 is 1.65 bits per heavy atom. The predicted molar refractivity (Wildman–Crippen MR) is 81.2 cm³/mol. The van der Waals surface area contributed by atoms with E-state index < -0.39 is 10.0 Å². The highest BCUT2D eigenvalue weighted by atomic mass is 32.2. The fraction of sp³-hybridized carbons (Fsp3) is 0.600. The van der Waals surface area contributed by atoms with E-state index in [1.165, 1.54) is 4.31 Å². The predicted octanol–water partition coefficient (Wildman–Crippen LogP) is 2.42. The molecule has 0 bridgehead atoms. The molecule has 20 heavy (non-hydrogen) atoms. The SMILES string of the molecule is CCc1ccc(S(=O)(=O)N(CCO)C(CC)CC)cc1. The number of hydrogen-bond acceptors (Lipinski definition) is 3. The van der Waals surface area contributed by atoms with Crippen LogP contribution in [0.15, 0.2) is 29.2 Å². The first-order chi connectivity index (χ1) is 9.51. The molecule has 0 amide bonds. The summed E-state index contributed by atoms with van der Waals surface area (Å²) in [4.78, 5) is 0.301. The van der Waals surface area contributed by atoms with E-state index in [9.17, 15) is 8.42 Å². The van der Waals surface area contributed by atoms with E-state index in [0.717, 1.165) is 24.8 Å². The summed E-state index contributed by atoms with van der Waals surface area (Å²) < 4.78 is 26.8. The summed E-state index contributed by atoms with van der Waals surface area (Å²) in [6.45, 7) is 5.95. The van der Waals surface area contributed by atoms with Gasteiger partial charge in [-0.05, 0) is 37.0 Å². The number of nitrogens with zero attached hydrogens (tertiary/aromatic N) is 1. The van der Waals surface area contributed by atoms with Gasteiger partial charge in [-0.3, -0.25) is 0 Å². The Bertz CT molecular complexity index is 492. The lowest BCUT2D eigenvalue weighted by atomic mass is 10.2. The van der Waals surface area contributed by atoms with Gasteiger partial charge in [-0.25, -0.2) is 8.42 Å². The molecule has 0 aliphatic heterocycles. The molecule has 0 unspecified atom stereocenters. The third-order valence-electron chi connectivity index (χ3n) is 3.61. The van der Waals surface area contributed by atoms with Crippen molar-refractivity contribution in [3.63, 3.8) is 0 Å². The van der Waals surface area contributed by atoms with Gasteiger partial charge in [0.2, 0.25) is 10.0 Å². The third-order valence-corrected chi connectivity index (χ3v) is 5.57. The molecule has 0 aliphatic carbocycles. The second-order valence-electron chi connectivity index (χ2n) is 4.81. The maximum absolute atomic E-state index is 12.7.